The Morgan fingerprint density at radius 3 is 2.83 bits per heavy atom. The Morgan fingerprint density at radius 1 is 1.56 bits per heavy atom. The molecule has 2 rings (SSSR count). The number of hydrogen-bond donors (Lipinski definition) is 0. The summed E-state index contributed by atoms with van der Waals surface area (Å²) in [4.78, 5) is 7.27. The lowest BCUT2D eigenvalue weighted by Crippen LogP contribution is -2.27. The molecule has 1 saturated heterocycles. The first kappa shape index (κ1) is 14.3. The SMILES string of the molecule is CCC(c1nc(CCl)cs1)N1CCC(C(C)C)C1. The van der Waals surface area contributed by atoms with Crippen LogP contribution in [-0.2, 0) is 5.88 Å². The molecule has 102 valence electrons. The van der Waals surface area contributed by atoms with E-state index in [2.05, 4.69) is 36.0 Å². The molecule has 1 aliphatic heterocycles. The Kier molecular flexibility index (Phi) is 5.05. The van der Waals surface area contributed by atoms with Crippen LogP contribution in [0.1, 0.15) is 50.4 Å². The van der Waals surface area contributed by atoms with Crippen LogP contribution < -0.4 is 0 Å². The molecular weight excluding hydrogens is 264 g/mol. The summed E-state index contributed by atoms with van der Waals surface area (Å²) in [6, 6.07) is 0.496. The quantitative estimate of drug-likeness (QED) is 0.750. The molecule has 4 heteroatoms. The van der Waals surface area contributed by atoms with E-state index in [1.807, 2.05) is 0 Å². The van der Waals surface area contributed by atoms with Crippen molar-refractivity contribution >= 4 is 22.9 Å². The fourth-order valence-electron chi connectivity index (χ4n) is 2.77. The lowest BCUT2D eigenvalue weighted by Gasteiger charge is -2.25. The van der Waals surface area contributed by atoms with Gasteiger partial charge in [0.1, 0.15) is 5.01 Å². The highest BCUT2D eigenvalue weighted by atomic mass is 35.5. The topological polar surface area (TPSA) is 16.1 Å². The van der Waals surface area contributed by atoms with Gasteiger partial charge in [-0.1, -0.05) is 20.8 Å². The number of rotatable bonds is 5. The van der Waals surface area contributed by atoms with Gasteiger partial charge in [-0.2, -0.15) is 0 Å². The van der Waals surface area contributed by atoms with E-state index in [1.54, 1.807) is 11.3 Å². The van der Waals surface area contributed by atoms with Crippen LogP contribution in [-0.4, -0.2) is 23.0 Å². The lowest BCUT2D eigenvalue weighted by atomic mass is 9.95. The molecule has 0 aliphatic carbocycles. The monoisotopic (exact) mass is 286 g/mol. The predicted molar refractivity (Wildman–Crippen MR) is 79.2 cm³/mol. The number of aromatic nitrogens is 1. The minimum Gasteiger partial charge on any atom is -0.294 e. The van der Waals surface area contributed by atoms with Crippen LogP contribution in [0, 0.1) is 11.8 Å². The van der Waals surface area contributed by atoms with E-state index < -0.39 is 0 Å². The summed E-state index contributed by atoms with van der Waals surface area (Å²) in [5.74, 6) is 2.18. The molecule has 1 aliphatic rings. The number of alkyl halides is 1. The van der Waals surface area contributed by atoms with E-state index in [-0.39, 0.29) is 0 Å². The van der Waals surface area contributed by atoms with Crippen LogP contribution in [0.4, 0.5) is 0 Å². The number of nitrogens with zero attached hydrogens (tertiary/aromatic N) is 2. The van der Waals surface area contributed by atoms with Crippen LogP contribution in [0.3, 0.4) is 0 Å². The Labute approximate surface area is 119 Å². The van der Waals surface area contributed by atoms with Crippen LogP contribution in [0.25, 0.3) is 0 Å². The molecule has 1 aromatic rings. The van der Waals surface area contributed by atoms with Gasteiger partial charge < -0.3 is 0 Å². The Morgan fingerprint density at radius 2 is 2.33 bits per heavy atom. The first-order valence-electron chi connectivity index (χ1n) is 6.90. The van der Waals surface area contributed by atoms with Crippen LogP contribution in [0.15, 0.2) is 5.38 Å². The van der Waals surface area contributed by atoms with Gasteiger partial charge in [-0.25, -0.2) is 4.98 Å². The van der Waals surface area contributed by atoms with Gasteiger partial charge in [-0.15, -0.1) is 22.9 Å². The van der Waals surface area contributed by atoms with Crippen molar-refractivity contribution in [2.45, 2.75) is 45.5 Å². The first-order valence-corrected chi connectivity index (χ1v) is 8.31. The van der Waals surface area contributed by atoms with E-state index in [9.17, 15) is 0 Å². The predicted octanol–water partition coefficient (Wildman–Crippen LogP) is 4.31. The summed E-state index contributed by atoms with van der Waals surface area (Å²) < 4.78 is 0. The van der Waals surface area contributed by atoms with E-state index in [4.69, 9.17) is 11.6 Å². The molecule has 0 saturated carbocycles. The van der Waals surface area contributed by atoms with E-state index >= 15 is 0 Å². The van der Waals surface area contributed by atoms with Gasteiger partial charge >= 0.3 is 0 Å². The van der Waals surface area contributed by atoms with Crippen LogP contribution in [0.2, 0.25) is 0 Å². The van der Waals surface area contributed by atoms with Crippen molar-refractivity contribution in [2.75, 3.05) is 13.1 Å². The van der Waals surface area contributed by atoms with Gasteiger partial charge in [0.15, 0.2) is 0 Å². The fourth-order valence-corrected chi connectivity index (χ4v) is 4.03. The number of hydrogen-bond acceptors (Lipinski definition) is 3. The first-order chi connectivity index (χ1) is 8.65. The van der Waals surface area contributed by atoms with Gasteiger partial charge in [0, 0.05) is 11.9 Å². The van der Waals surface area contributed by atoms with E-state index in [0.717, 1.165) is 24.0 Å². The molecular formula is C14H23ClN2S. The molecule has 2 heterocycles. The third-order valence-electron chi connectivity index (χ3n) is 4.02. The Hall–Kier alpha value is -0.120. The summed E-state index contributed by atoms with van der Waals surface area (Å²) in [7, 11) is 0. The average Bonchev–Trinajstić information content (AvgIpc) is 2.99. The number of halogens is 1. The highest BCUT2D eigenvalue weighted by molar-refractivity contribution is 7.09. The molecule has 1 fully saturated rings. The van der Waals surface area contributed by atoms with Gasteiger partial charge in [-0.05, 0) is 31.2 Å². The second kappa shape index (κ2) is 6.36. The van der Waals surface area contributed by atoms with Gasteiger partial charge in [0.25, 0.3) is 0 Å². The summed E-state index contributed by atoms with van der Waals surface area (Å²) in [5, 5.41) is 3.35. The molecule has 0 bridgehead atoms. The second-order valence-corrected chi connectivity index (χ2v) is 6.68. The van der Waals surface area contributed by atoms with Crippen LogP contribution >= 0.6 is 22.9 Å². The maximum Gasteiger partial charge on any atom is 0.110 e. The molecule has 0 N–H and O–H groups in total. The van der Waals surface area contributed by atoms with Crippen molar-refractivity contribution in [3.63, 3.8) is 0 Å². The molecule has 0 amide bonds. The summed E-state index contributed by atoms with van der Waals surface area (Å²) >= 11 is 7.61. The molecule has 18 heavy (non-hydrogen) atoms. The zero-order chi connectivity index (χ0) is 13.1. The third kappa shape index (κ3) is 3.06. The molecule has 0 spiro atoms. The van der Waals surface area contributed by atoms with E-state index in [0.29, 0.717) is 11.9 Å². The second-order valence-electron chi connectivity index (χ2n) is 5.52. The van der Waals surface area contributed by atoms with Crippen molar-refractivity contribution < 1.29 is 0 Å². The van der Waals surface area contributed by atoms with Crippen molar-refractivity contribution in [3.05, 3.63) is 16.1 Å². The van der Waals surface area contributed by atoms with Crippen molar-refractivity contribution in [1.82, 2.24) is 9.88 Å². The molecule has 2 unspecified atom stereocenters. The van der Waals surface area contributed by atoms with Crippen molar-refractivity contribution in [3.8, 4) is 0 Å². The highest BCUT2D eigenvalue weighted by Gasteiger charge is 2.30. The number of likely N-dealkylation sites (tertiary alicyclic amines) is 1. The molecule has 1 aromatic heterocycles. The summed E-state index contributed by atoms with van der Waals surface area (Å²) in [6.45, 7) is 9.38. The minimum absolute atomic E-state index is 0.496. The smallest absolute Gasteiger partial charge is 0.110 e. The third-order valence-corrected chi connectivity index (χ3v) is 5.29. The minimum atomic E-state index is 0.496. The standard InChI is InChI=1S/C14H23ClN2S/c1-4-13(14-16-12(7-15)9-18-14)17-6-5-11(8-17)10(2)3/h9-11,13H,4-8H2,1-3H3. The van der Waals surface area contributed by atoms with Gasteiger partial charge in [0.05, 0.1) is 17.6 Å². The maximum absolute atomic E-state index is 5.84. The molecule has 2 nitrogen and oxygen atoms in total. The average molecular weight is 287 g/mol. The van der Waals surface area contributed by atoms with Crippen molar-refractivity contribution in [1.29, 1.82) is 0 Å². The number of thiazole rings is 1. The normalized spacial score (nSPS) is 22.8. The lowest BCUT2D eigenvalue weighted by molar-refractivity contribution is 0.221. The Bertz CT molecular complexity index is 378. The van der Waals surface area contributed by atoms with E-state index in [1.165, 1.54) is 24.5 Å². The molecule has 0 radical (unpaired) electrons. The maximum atomic E-state index is 5.84. The van der Waals surface area contributed by atoms with Crippen molar-refractivity contribution in [2.24, 2.45) is 11.8 Å². The highest BCUT2D eigenvalue weighted by Crippen LogP contribution is 2.34. The van der Waals surface area contributed by atoms with Crippen LogP contribution in [0.5, 0.6) is 0 Å². The summed E-state index contributed by atoms with van der Waals surface area (Å²) in [6.07, 6.45) is 2.47. The zero-order valence-corrected chi connectivity index (χ0v) is 13.1. The fraction of sp³-hybridized carbons (Fsp3) is 0.786. The van der Waals surface area contributed by atoms with Gasteiger partial charge in [0.2, 0.25) is 0 Å². The molecule has 2 atom stereocenters. The Balaban J connectivity index is 2.05. The summed E-state index contributed by atoms with van der Waals surface area (Å²) in [5.41, 5.74) is 1.02. The molecule has 0 aromatic carbocycles. The largest absolute Gasteiger partial charge is 0.294 e. The zero-order valence-electron chi connectivity index (χ0n) is 11.5. The van der Waals surface area contributed by atoms with Gasteiger partial charge in [-0.3, -0.25) is 4.90 Å².